The van der Waals surface area contributed by atoms with Crippen LogP contribution in [0.4, 0.5) is 4.39 Å². The summed E-state index contributed by atoms with van der Waals surface area (Å²) in [6.07, 6.45) is 3.68. The average Bonchev–Trinajstić information content (AvgIpc) is 2.89. The molecule has 19 heavy (non-hydrogen) atoms. The highest BCUT2D eigenvalue weighted by atomic mass is 19.1. The van der Waals surface area contributed by atoms with Crippen LogP contribution in [0.25, 0.3) is 0 Å². The van der Waals surface area contributed by atoms with Crippen molar-refractivity contribution in [2.75, 3.05) is 7.11 Å². The van der Waals surface area contributed by atoms with Gasteiger partial charge in [0.1, 0.15) is 0 Å². The number of methoxy groups -OCH3 is 1. The van der Waals surface area contributed by atoms with Crippen molar-refractivity contribution < 1.29 is 9.13 Å². The Bertz CT molecular complexity index is 513. The van der Waals surface area contributed by atoms with Gasteiger partial charge in [0.2, 0.25) is 0 Å². The average molecular weight is 263 g/mol. The number of rotatable bonds is 6. The van der Waals surface area contributed by atoms with Crippen LogP contribution in [0.2, 0.25) is 0 Å². The number of halogens is 1. The van der Waals surface area contributed by atoms with Crippen molar-refractivity contribution in [1.82, 2.24) is 15.1 Å². The molecule has 102 valence electrons. The molecule has 0 bridgehead atoms. The molecule has 0 amide bonds. The number of benzene rings is 1. The third-order valence-corrected chi connectivity index (χ3v) is 2.89. The highest BCUT2D eigenvalue weighted by molar-refractivity contribution is 5.29. The Morgan fingerprint density at radius 2 is 2.32 bits per heavy atom. The van der Waals surface area contributed by atoms with Gasteiger partial charge in [-0.2, -0.15) is 5.10 Å². The first-order chi connectivity index (χ1) is 9.19. The quantitative estimate of drug-likeness (QED) is 0.868. The number of hydrogen-bond donors (Lipinski definition) is 1. The van der Waals surface area contributed by atoms with Crippen molar-refractivity contribution in [2.24, 2.45) is 0 Å². The van der Waals surface area contributed by atoms with E-state index in [-0.39, 0.29) is 17.6 Å². The van der Waals surface area contributed by atoms with Crippen LogP contribution in [0, 0.1) is 5.82 Å². The molecule has 5 heteroatoms. The normalized spacial score (nSPS) is 12.4. The van der Waals surface area contributed by atoms with E-state index in [1.165, 1.54) is 13.2 Å². The van der Waals surface area contributed by atoms with E-state index in [9.17, 15) is 4.39 Å². The van der Waals surface area contributed by atoms with Crippen LogP contribution in [-0.2, 0) is 13.1 Å². The van der Waals surface area contributed by atoms with Crippen LogP contribution in [0.15, 0.2) is 36.7 Å². The van der Waals surface area contributed by atoms with E-state index >= 15 is 0 Å². The topological polar surface area (TPSA) is 39.1 Å². The van der Waals surface area contributed by atoms with Crippen molar-refractivity contribution in [3.8, 4) is 5.75 Å². The summed E-state index contributed by atoms with van der Waals surface area (Å²) in [5.41, 5.74) is 0.894. The molecule has 0 unspecified atom stereocenters. The Morgan fingerprint density at radius 3 is 2.95 bits per heavy atom. The molecular weight excluding hydrogens is 245 g/mol. The lowest BCUT2D eigenvalue weighted by atomic mass is 10.2. The minimum atomic E-state index is -0.332. The highest BCUT2D eigenvalue weighted by Gasteiger charge is 2.06. The van der Waals surface area contributed by atoms with Crippen LogP contribution in [0.5, 0.6) is 5.75 Å². The number of nitrogens with zero attached hydrogens (tertiary/aromatic N) is 2. The Kier molecular flexibility index (Phi) is 4.52. The van der Waals surface area contributed by atoms with E-state index in [4.69, 9.17) is 4.74 Å². The monoisotopic (exact) mass is 263 g/mol. The molecule has 1 heterocycles. The van der Waals surface area contributed by atoms with Gasteiger partial charge in [-0.1, -0.05) is 6.07 Å². The van der Waals surface area contributed by atoms with E-state index in [0.717, 1.165) is 12.1 Å². The van der Waals surface area contributed by atoms with Crippen LogP contribution in [-0.4, -0.2) is 22.9 Å². The fourth-order valence-electron chi connectivity index (χ4n) is 1.87. The molecule has 1 aromatic carbocycles. The Balaban J connectivity index is 1.86. The maximum absolute atomic E-state index is 13.5. The summed E-state index contributed by atoms with van der Waals surface area (Å²) in [5, 5.41) is 7.48. The summed E-state index contributed by atoms with van der Waals surface area (Å²) in [6, 6.07) is 7.14. The summed E-state index contributed by atoms with van der Waals surface area (Å²) in [7, 11) is 1.46. The van der Waals surface area contributed by atoms with E-state index < -0.39 is 0 Å². The number of ether oxygens (including phenoxy) is 1. The molecule has 0 aliphatic heterocycles. The predicted molar refractivity (Wildman–Crippen MR) is 71.5 cm³/mol. The summed E-state index contributed by atoms with van der Waals surface area (Å²) < 4.78 is 20.3. The minimum absolute atomic E-state index is 0.255. The molecule has 1 aromatic heterocycles. The van der Waals surface area contributed by atoms with Gasteiger partial charge in [0, 0.05) is 25.0 Å². The second-order valence-corrected chi connectivity index (χ2v) is 4.48. The number of hydrogen-bond acceptors (Lipinski definition) is 3. The second kappa shape index (κ2) is 6.33. The largest absolute Gasteiger partial charge is 0.494 e. The van der Waals surface area contributed by atoms with Gasteiger partial charge in [0.25, 0.3) is 0 Å². The maximum Gasteiger partial charge on any atom is 0.165 e. The third kappa shape index (κ3) is 3.79. The van der Waals surface area contributed by atoms with Gasteiger partial charge in [-0.3, -0.25) is 4.68 Å². The summed E-state index contributed by atoms with van der Waals surface area (Å²) in [6.45, 7) is 3.47. The first kappa shape index (κ1) is 13.5. The zero-order valence-electron chi connectivity index (χ0n) is 11.1. The van der Waals surface area contributed by atoms with E-state index in [2.05, 4.69) is 17.3 Å². The number of aromatic nitrogens is 2. The Morgan fingerprint density at radius 1 is 1.47 bits per heavy atom. The maximum atomic E-state index is 13.5. The molecule has 0 aliphatic carbocycles. The summed E-state index contributed by atoms with van der Waals surface area (Å²) in [4.78, 5) is 0. The van der Waals surface area contributed by atoms with Gasteiger partial charge >= 0.3 is 0 Å². The Hall–Kier alpha value is -1.88. The molecular formula is C14H18FN3O. The van der Waals surface area contributed by atoms with Crippen LogP contribution in [0.3, 0.4) is 0 Å². The lowest BCUT2D eigenvalue weighted by molar-refractivity contribution is 0.385. The van der Waals surface area contributed by atoms with Crippen molar-refractivity contribution in [1.29, 1.82) is 0 Å². The first-order valence-corrected chi connectivity index (χ1v) is 6.22. The fourth-order valence-corrected chi connectivity index (χ4v) is 1.87. The second-order valence-electron chi connectivity index (χ2n) is 4.48. The third-order valence-electron chi connectivity index (χ3n) is 2.89. The smallest absolute Gasteiger partial charge is 0.165 e. The summed E-state index contributed by atoms with van der Waals surface area (Å²) in [5.74, 6) is -0.0603. The molecule has 1 atom stereocenters. The molecule has 0 spiro atoms. The molecule has 4 nitrogen and oxygen atoms in total. The van der Waals surface area contributed by atoms with Gasteiger partial charge < -0.3 is 10.1 Å². The SMILES string of the molecule is COc1ccc(CN[C@@H](C)Cn2cccn2)cc1F. The van der Waals surface area contributed by atoms with E-state index in [1.807, 2.05) is 23.0 Å². The molecule has 0 aliphatic rings. The van der Waals surface area contributed by atoms with Crippen LogP contribution >= 0.6 is 0 Å². The van der Waals surface area contributed by atoms with Gasteiger partial charge in [-0.15, -0.1) is 0 Å². The van der Waals surface area contributed by atoms with Gasteiger partial charge in [0.15, 0.2) is 11.6 Å². The van der Waals surface area contributed by atoms with Crippen LogP contribution < -0.4 is 10.1 Å². The zero-order valence-corrected chi connectivity index (χ0v) is 11.1. The molecule has 2 rings (SSSR count). The molecule has 0 saturated carbocycles. The number of nitrogens with one attached hydrogen (secondary N) is 1. The molecule has 1 N–H and O–H groups in total. The predicted octanol–water partition coefficient (Wildman–Crippen LogP) is 2.21. The molecule has 0 fully saturated rings. The van der Waals surface area contributed by atoms with Crippen molar-refractivity contribution in [3.63, 3.8) is 0 Å². The minimum Gasteiger partial charge on any atom is -0.494 e. The lowest BCUT2D eigenvalue weighted by Crippen LogP contribution is -2.30. The van der Waals surface area contributed by atoms with Crippen molar-refractivity contribution in [3.05, 3.63) is 48.0 Å². The van der Waals surface area contributed by atoms with Gasteiger partial charge in [-0.25, -0.2) is 4.39 Å². The van der Waals surface area contributed by atoms with Gasteiger partial charge in [0.05, 0.1) is 13.7 Å². The first-order valence-electron chi connectivity index (χ1n) is 6.22. The molecule has 0 radical (unpaired) electrons. The Labute approximate surface area is 112 Å². The molecule has 0 saturated heterocycles. The zero-order chi connectivity index (χ0) is 13.7. The van der Waals surface area contributed by atoms with Gasteiger partial charge in [-0.05, 0) is 30.7 Å². The highest BCUT2D eigenvalue weighted by Crippen LogP contribution is 2.17. The van der Waals surface area contributed by atoms with Crippen LogP contribution in [0.1, 0.15) is 12.5 Å². The van der Waals surface area contributed by atoms with E-state index in [1.54, 1.807) is 12.3 Å². The standard InChI is InChI=1S/C14H18FN3O/c1-11(10-18-7-3-6-17-18)16-9-12-4-5-14(19-2)13(15)8-12/h3-8,11,16H,9-10H2,1-2H3/t11-/m0/s1. The summed E-state index contributed by atoms with van der Waals surface area (Å²) >= 11 is 0. The van der Waals surface area contributed by atoms with E-state index in [0.29, 0.717) is 6.54 Å². The van der Waals surface area contributed by atoms with Crippen molar-refractivity contribution in [2.45, 2.75) is 26.1 Å². The fraction of sp³-hybridized carbons (Fsp3) is 0.357. The molecule has 2 aromatic rings. The van der Waals surface area contributed by atoms with Crippen molar-refractivity contribution >= 4 is 0 Å². The lowest BCUT2D eigenvalue weighted by Gasteiger charge is -2.14.